The highest BCUT2D eigenvalue weighted by atomic mass is 28.2. The van der Waals surface area contributed by atoms with Crippen LogP contribution in [0.4, 0.5) is 0 Å². The van der Waals surface area contributed by atoms with Gasteiger partial charge in [-0.2, -0.15) is 0 Å². The van der Waals surface area contributed by atoms with Crippen LogP contribution in [0.25, 0.3) is 0 Å². The Hall–Kier alpha value is -0.123. The minimum Gasteiger partial charge on any atom is -0.326 e. The molecule has 0 saturated heterocycles. The van der Waals surface area contributed by atoms with Gasteiger partial charge < -0.3 is 9.47 Å². The monoisotopic (exact) mass is 186 g/mol. The van der Waals surface area contributed by atoms with Gasteiger partial charge in [0.25, 0.3) is 0 Å². The Morgan fingerprint density at radius 3 is 2.17 bits per heavy atom. The lowest BCUT2D eigenvalue weighted by atomic mass is 10.6. The van der Waals surface area contributed by atoms with Crippen LogP contribution >= 0.6 is 0 Å². The first-order chi connectivity index (χ1) is 5.70. The molecule has 12 heavy (non-hydrogen) atoms. The second kappa shape index (κ2) is 7.52. The second-order valence-electron chi connectivity index (χ2n) is 3.22. The Kier molecular flexibility index (Phi) is 7.44. The first-order valence-corrected chi connectivity index (χ1v) is 6.17. The Labute approximate surface area is 79.1 Å². The molecule has 0 amide bonds. The van der Waals surface area contributed by atoms with Gasteiger partial charge in [-0.3, -0.25) is 0 Å². The van der Waals surface area contributed by atoms with Crippen molar-refractivity contribution in [3.8, 4) is 0 Å². The first kappa shape index (κ1) is 11.9. The van der Waals surface area contributed by atoms with Crippen molar-refractivity contribution in [2.45, 2.75) is 13.8 Å². The molecule has 0 aromatic rings. The average molecular weight is 186 g/mol. The van der Waals surface area contributed by atoms with E-state index in [4.69, 9.17) is 0 Å². The molecule has 0 radical (unpaired) electrons. The molecule has 0 heterocycles. The van der Waals surface area contributed by atoms with Crippen LogP contribution in [0.1, 0.15) is 13.8 Å². The number of hydrogen-bond acceptors (Lipinski definition) is 2. The molecule has 3 heteroatoms. The van der Waals surface area contributed by atoms with Crippen LogP contribution < -0.4 is 0 Å². The molecule has 0 atom stereocenters. The van der Waals surface area contributed by atoms with Crippen molar-refractivity contribution in [2.24, 2.45) is 0 Å². The molecule has 0 rings (SSSR count). The fourth-order valence-electron chi connectivity index (χ4n) is 0.991. The predicted octanol–water partition coefficient (Wildman–Crippen LogP) is 0.487. The third kappa shape index (κ3) is 6.58. The minimum atomic E-state index is -0.0916. The zero-order valence-corrected chi connectivity index (χ0v) is 10.3. The van der Waals surface area contributed by atoms with Crippen LogP contribution in [0.15, 0.2) is 11.8 Å². The quantitative estimate of drug-likeness (QED) is 0.557. The van der Waals surface area contributed by atoms with E-state index in [2.05, 4.69) is 49.2 Å². The van der Waals surface area contributed by atoms with Gasteiger partial charge in [0.15, 0.2) is 0 Å². The van der Waals surface area contributed by atoms with Crippen molar-refractivity contribution in [1.82, 2.24) is 9.47 Å². The Morgan fingerprint density at radius 1 is 1.17 bits per heavy atom. The van der Waals surface area contributed by atoms with Gasteiger partial charge in [-0.05, 0) is 27.2 Å². The molecule has 0 bridgehead atoms. The van der Waals surface area contributed by atoms with Crippen molar-refractivity contribution in [3.63, 3.8) is 0 Å². The zero-order valence-electron chi connectivity index (χ0n) is 8.88. The van der Waals surface area contributed by atoms with E-state index in [0.717, 1.165) is 6.54 Å². The smallest absolute Gasteiger partial charge is 0.119 e. The molecule has 0 N–H and O–H groups in total. The van der Waals surface area contributed by atoms with E-state index in [1.54, 1.807) is 0 Å². The van der Waals surface area contributed by atoms with E-state index in [0.29, 0.717) is 0 Å². The summed E-state index contributed by atoms with van der Waals surface area (Å²) in [6, 6.07) is 0. The molecule has 0 aliphatic carbocycles. The highest BCUT2D eigenvalue weighted by Gasteiger charge is 1.93. The molecular formula is C9H22N2Si. The Morgan fingerprint density at radius 2 is 1.75 bits per heavy atom. The van der Waals surface area contributed by atoms with Gasteiger partial charge in [-0.25, -0.2) is 0 Å². The van der Waals surface area contributed by atoms with Crippen molar-refractivity contribution in [2.75, 3.05) is 33.7 Å². The third-order valence-corrected chi connectivity index (χ3v) is 3.85. The summed E-state index contributed by atoms with van der Waals surface area (Å²) >= 11 is 0. The van der Waals surface area contributed by atoms with E-state index in [1.165, 1.54) is 13.1 Å². The van der Waals surface area contributed by atoms with Gasteiger partial charge in [0.1, 0.15) is 9.68 Å². The molecule has 0 aliphatic heterocycles. The van der Waals surface area contributed by atoms with E-state index in [1.807, 2.05) is 0 Å². The summed E-state index contributed by atoms with van der Waals surface area (Å²) in [7, 11) is 4.11. The fourth-order valence-corrected chi connectivity index (χ4v) is 2.10. The van der Waals surface area contributed by atoms with Gasteiger partial charge >= 0.3 is 0 Å². The van der Waals surface area contributed by atoms with Crippen LogP contribution in [-0.4, -0.2) is 52.9 Å². The number of nitrogens with zero attached hydrogens (tertiary/aromatic N) is 2. The molecule has 0 spiro atoms. The van der Waals surface area contributed by atoms with Gasteiger partial charge in [-0.1, -0.05) is 25.6 Å². The van der Waals surface area contributed by atoms with Crippen LogP contribution in [0, 0.1) is 0 Å². The lowest BCUT2D eigenvalue weighted by Gasteiger charge is -2.14. The fraction of sp³-hybridized carbons (Fsp3) is 0.778. The molecule has 0 fully saturated rings. The van der Waals surface area contributed by atoms with E-state index < -0.39 is 0 Å². The lowest BCUT2D eigenvalue weighted by Crippen LogP contribution is -2.26. The largest absolute Gasteiger partial charge is 0.326 e. The van der Waals surface area contributed by atoms with Crippen molar-refractivity contribution in [1.29, 1.82) is 0 Å². The van der Waals surface area contributed by atoms with Crippen molar-refractivity contribution < 1.29 is 0 Å². The van der Waals surface area contributed by atoms with E-state index >= 15 is 0 Å². The number of hydrogen-bond donors (Lipinski definition) is 0. The van der Waals surface area contributed by atoms with E-state index in [9.17, 15) is 0 Å². The Bertz CT molecular complexity index is 120. The molecule has 0 aliphatic rings. The number of likely N-dealkylation sites (N-methyl/N-ethyl adjacent to an activating group) is 1. The SMILES string of the molecule is CCN(CC)[SiH2]C=CCN(C)C. The summed E-state index contributed by atoms with van der Waals surface area (Å²) < 4.78 is 2.53. The average Bonchev–Trinajstić information content (AvgIpc) is 2.04. The van der Waals surface area contributed by atoms with Gasteiger partial charge in [0.2, 0.25) is 0 Å². The lowest BCUT2D eigenvalue weighted by molar-refractivity contribution is 0.456. The standard InChI is InChI=1S/C9H22N2Si/c1-5-11(6-2)12-9-7-8-10(3)4/h7,9H,5-6,8,12H2,1-4H3. The normalized spacial score (nSPS) is 13.2. The summed E-state index contributed by atoms with van der Waals surface area (Å²) in [5.74, 6) is 0. The summed E-state index contributed by atoms with van der Waals surface area (Å²) in [5, 5.41) is 0. The highest BCUT2D eigenvalue weighted by Crippen LogP contribution is 1.84. The predicted molar refractivity (Wildman–Crippen MR) is 59.2 cm³/mol. The number of rotatable bonds is 6. The molecule has 0 unspecified atom stereocenters. The molecular weight excluding hydrogens is 164 g/mol. The van der Waals surface area contributed by atoms with E-state index in [-0.39, 0.29) is 9.68 Å². The molecule has 0 saturated carbocycles. The topological polar surface area (TPSA) is 6.48 Å². The minimum absolute atomic E-state index is 0.0916. The molecule has 2 nitrogen and oxygen atoms in total. The molecule has 72 valence electrons. The zero-order chi connectivity index (χ0) is 9.40. The van der Waals surface area contributed by atoms with Crippen molar-refractivity contribution >= 4 is 9.68 Å². The van der Waals surface area contributed by atoms with Gasteiger partial charge in [0, 0.05) is 6.54 Å². The first-order valence-electron chi connectivity index (χ1n) is 4.72. The summed E-state index contributed by atoms with van der Waals surface area (Å²) in [4.78, 5) is 2.19. The van der Waals surface area contributed by atoms with Gasteiger partial charge in [0.05, 0.1) is 0 Å². The summed E-state index contributed by atoms with van der Waals surface area (Å²) in [5.41, 5.74) is 2.38. The Balaban J connectivity index is 3.44. The molecule has 0 aromatic carbocycles. The second-order valence-corrected chi connectivity index (χ2v) is 4.95. The van der Waals surface area contributed by atoms with Crippen LogP contribution in [-0.2, 0) is 0 Å². The maximum atomic E-state index is 2.53. The van der Waals surface area contributed by atoms with Crippen LogP contribution in [0.3, 0.4) is 0 Å². The maximum absolute atomic E-state index is 2.53. The van der Waals surface area contributed by atoms with Crippen molar-refractivity contribution in [3.05, 3.63) is 11.8 Å². The maximum Gasteiger partial charge on any atom is 0.119 e. The van der Waals surface area contributed by atoms with Crippen LogP contribution in [0.2, 0.25) is 0 Å². The van der Waals surface area contributed by atoms with Crippen LogP contribution in [0.5, 0.6) is 0 Å². The summed E-state index contributed by atoms with van der Waals surface area (Å²) in [6.07, 6.45) is 2.28. The summed E-state index contributed by atoms with van der Waals surface area (Å²) in [6.45, 7) is 7.95. The third-order valence-electron chi connectivity index (χ3n) is 1.90. The highest BCUT2D eigenvalue weighted by molar-refractivity contribution is 6.38. The molecule has 0 aromatic heterocycles. The van der Waals surface area contributed by atoms with Gasteiger partial charge in [-0.15, -0.1) is 0 Å².